The number of fused-ring (bicyclic) bond motifs is 2. The van der Waals surface area contributed by atoms with Crippen LogP contribution in [0.25, 0.3) is 5.70 Å². The third kappa shape index (κ3) is 3.22. The quantitative estimate of drug-likeness (QED) is 0.619. The summed E-state index contributed by atoms with van der Waals surface area (Å²) in [5, 5.41) is 21.3. The number of hydrazone groups is 1. The average Bonchev–Trinajstić information content (AvgIpc) is 2.69. The number of hydrogen-bond acceptors (Lipinski definition) is 7. The number of ether oxygens (including phenoxy) is 1. The number of carbonyl (C=O) groups excluding carboxylic acids is 1. The van der Waals surface area contributed by atoms with Gasteiger partial charge in [-0.05, 0) is 46.5 Å². The molecule has 0 aliphatic carbocycles. The molecule has 1 unspecified atom stereocenters. The average molecular weight is 508 g/mol. The van der Waals surface area contributed by atoms with Gasteiger partial charge in [-0.1, -0.05) is 36.9 Å². The molecule has 4 rings (SSSR count). The van der Waals surface area contributed by atoms with Crippen LogP contribution >= 0.6 is 34.4 Å². The number of benzene rings is 2. The highest BCUT2D eigenvalue weighted by Crippen LogP contribution is 2.38. The van der Waals surface area contributed by atoms with Gasteiger partial charge in [0, 0.05) is 10.8 Å². The van der Waals surface area contributed by atoms with Crippen LogP contribution in [0.2, 0.25) is 0 Å². The second-order valence-corrected chi connectivity index (χ2v) is 8.47. The lowest BCUT2D eigenvalue weighted by atomic mass is 10.1. The molecular formula is C19H17IN4O3S. The Bertz CT molecular complexity index is 1120. The van der Waals surface area contributed by atoms with Gasteiger partial charge in [-0.2, -0.15) is 0 Å². The number of phenolic OH excluding ortho intramolecular Hbond substituents is 1. The Balaban J connectivity index is 1.96. The molecule has 0 saturated carbocycles. The Labute approximate surface area is 179 Å². The molecule has 0 fully saturated rings. The van der Waals surface area contributed by atoms with E-state index >= 15 is 0 Å². The molecule has 2 aliphatic rings. The predicted molar refractivity (Wildman–Crippen MR) is 116 cm³/mol. The van der Waals surface area contributed by atoms with Crippen molar-refractivity contribution in [1.29, 1.82) is 0 Å². The van der Waals surface area contributed by atoms with Gasteiger partial charge in [0.15, 0.2) is 22.8 Å². The van der Waals surface area contributed by atoms with Crippen LogP contribution in [0.1, 0.15) is 18.7 Å². The van der Waals surface area contributed by atoms with E-state index in [0.717, 1.165) is 21.9 Å². The number of thioether (sulfide) groups is 1. The number of amides is 1. The molecule has 9 heteroatoms. The van der Waals surface area contributed by atoms with Crippen LogP contribution in [0.5, 0.6) is 11.5 Å². The summed E-state index contributed by atoms with van der Waals surface area (Å²) in [5.74, 6) is 1.00. The zero-order chi connectivity index (χ0) is 19.8. The number of aromatic hydroxyl groups is 1. The van der Waals surface area contributed by atoms with Crippen molar-refractivity contribution in [1.82, 2.24) is 10.3 Å². The highest BCUT2D eigenvalue weighted by atomic mass is 127. The lowest BCUT2D eigenvalue weighted by Gasteiger charge is -2.34. The minimum Gasteiger partial charge on any atom is -0.504 e. The van der Waals surface area contributed by atoms with Crippen molar-refractivity contribution in [2.45, 2.75) is 13.1 Å². The molecular weight excluding hydrogens is 491 g/mol. The molecule has 7 nitrogen and oxygen atoms in total. The van der Waals surface area contributed by atoms with Gasteiger partial charge in [0.1, 0.15) is 5.70 Å². The number of amidine groups is 1. The molecule has 0 saturated heterocycles. The summed E-state index contributed by atoms with van der Waals surface area (Å²) < 4.78 is 5.94. The zero-order valence-corrected chi connectivity index (χ0v) is 18.1. The highest BCUT2D eigenvalue weighted by Gasteiger charge is 2.34. The Morgan fingerprint density at radius 1 is 1.36 bits per heavy atom. The van der Waals surface area contributed by atoms with E-state index in [-0.39, 0.29) is 11.7 Å². The van der Waals surface area contributed by atoms with E-state index in [4.69, 9.17) is 9.73 Å². The molecule has 0 aromatic heterocycles. The topological polar surface area (TPSA) is 86.5 Å². The Kier molecular flexibility index (Phi) is 5.19. The second-order valence-electron chi connectivity index (χ2n) is 6.06. The summed E-state index contributed by atoms with van der Waals surface area (Å²) in [6.45, 7) is 2.00. The van der Waals surface area contributed by atoms with E-state index in [2.05, 4.69) is 10.4 Å². The molecule has 0 spiro atoms. The lowest BCUT2D eigenvalue weighted by molar-refractivity contribution is -0.116. The van der Waals surface area contributed by atoms with Gasteiger partial charge >= 0.3 is 0 Å². The van der Waals surface area contributed by atoms with E-state index in [0.29, 0.717) is 20.2 Å². The van der Waals surface area contributed by atoms with Gasteiger partial charge in [0.2, 0.25) is 0 Å². The highest BCUT2D eigenvalue weighted by molar-refractivity contribution is 14.1. The maximum Gasteiger partial charge on any atom is 0.276 e. The number of carbonyl (C=O) groups is 1. The van der Waals surface area contributed by atoms with E-state index in [1.165, 1.54) is 18.9 Å². The first-order valence-corrected chi connectivity index (χ1v) is 10.7. The fourth-order valence-corrected chi connectivity index (χ4v) is 4.35. The number of methoxy groups -OCH3 is 1. The SMILES string of the molecule is CCSC1=NN2C(=c3ccccc3=NC2c2cc(I)c(O)c(OC)c2)C(=O)N1. The van der Waals surface area contributed by atoms with E-state index < -0.39 is 6.17 Å². The van der Waals surface area contributed by atoms with Crippen molar-refractivity contribution in [3.05, 3.63) is 56.1 Å². The smallest absolute Gasteiger partial charge is 0.276 e. The number of rotatable bonds is 3. The van der Waals surface area contributed by atoms with Crippen LogP contribution in [0, 0.1) is 3.57 Å². The molecule has 2 aromatic carbocycles. The van der Waals surface area contributed by atoms with Crippen LogP contribution in [0.15, 0.2) is 46.5 Å². The van der Waals surface area contributed by atoms with Gasteiger partial charge in [-0.25, -0.2) is 5.01 Å². The maximum atomic E-state index is 12.9. The molecule has 144 valence electrons. The number of nitrogens with zero attached hydrogens (tertiary/aromatic N) is 3. The summed E-state index contributed by atoms with van der Waals surface area (Å²) in [7, 11) is 1.50. The first-order valence-electron chi connectivity index (χ1n) is 8.59. The number of phenols is 1. The van der Waals surface area contributed by atoms with Crippen LogP contribution < -0.4 is 20.6 Å². The van der Waals surface area contributed by atoms with Crippen molar-refractivity contribution in [2.75, 3.05) is 12.9 Å². The van der Waals surface area contributed by atoms with Gasteiger partial charge in [-0.3, -0.25) is 15.1 Å². The van der Waals surface area contributed by atoms with E-state index in [9.17, 15) is 9.90 Å². The van der Waals surface area contributed by atoms with Crippen LogP contribution in [0.3, 0.4) is 0 Å². The summed E-state index contributed by atoms with van der Waals surface area (Å²) in [6, 6.07) is 11.1. The van der Waals surface area contributed by atoms with Crippen LogP contribution in [-0.4, -0.2) is 34.1 Å². The van der Waals surface area contributed by atoms with Crippen molar-refractivity contribution in [2.24, 2.45) is 10.1 Å². The second kappa shape index (κ2) is 7.63. The van der Waals surface area contributed by atoms with E-state index in [1.807, 2.05) is 59.8 Å². The molecule has 2 N–H and O–H groups in total. The maximum absolute atomic E-state index is 12.9. The van der Waals surface area contributed by atoms with Gasteiger partial charge in [0.05, 0.1) is 16.0 Å². The van der Waals surface area contributed by atoms with Crippen LogP contribution in [0.4, 0.5) is 0 Å². The summed E-state index contributed by atoms with van der Waals surface area (Å²) >= 11 is 3.51. The van der Waals surface area contributed by atoms with Gasteiger partial charge in [-0.15, -0.1) is 5.10 Å². The summed E-state index contributed by atoms with van der Waals surface area (Å²) in [6.07, 6.45) is -0.550. The molecule has 2 aromatic rings. The lowest BCUT2D eigenvalue weighted by Crippen LogP contribution is -2.50. The first-order chi connectivity index (χ1) is 13.5. The molecule has 2 heterocycles. The van der Waals surface area contributed by atoms with Crippen molar-refractivity contribution in [3.63, 3.8) is 0 Å². The Morgan fingerprint density at radius 2 is 2.14 bits per heavy atom. The number of para-hydroxylation sites is 1. The fourth-order valence-electron chi connectivity index (χ4n) is 3.14. The zero-order valence-electron chi connectivity index (χ0n) is 15.1. The predicted octanol–water partition coefficient (Wildman–Crippen LogP) is 1.90. The Morgan fingerprint density at radius 3 is 2.89 bits per heavy atom. The van der Waals surface area contributed by atoms with Crippen molar-refractivity contribution < 1.29 is 14.6 Å². The van der Waals surface area contributed by atoms with E-state index in [1.54, 1.807) is 11.1 Å². The van der Waals surface area contributed by atoms with Gasteiger partial charge < -0.3 is 9.84 Å². The van der Waals surface area contributed by atoms with Crippen LogP contribution in [-0.2, 0) is 4.79 Å². The monoisotopic (exact) mass is 508 g/mol. The third-order valence-electron chi connectivity index (χ3n) is 4.37. The molecule has 2 aliphatic heterocycles. The molecule has 1 atom stereocenters. The summed E-state index contributed by atoms with van der Waals surface area (Å²) in [4.78, 5) is 17.7. The number of hydrogen-bond donors (Lipinski definition) is 2. The largest absolute Gasteiger partial charge is 0.504 e. The number of halogens is 1. The molecule has 28 heavy (non-hydrogen) atoms. The Hall–Kier alpha value is -2.27. The normalized spacial score (nSPS) is 17.9. The van der Waals surface area contributed by atoms with Gasteiger partial charge in [0.25, 0.3) is 5.91 Å². The minimum atomic E-state index is -0.550. The summed E-state index contributed by atoms with van der Waals surface area (Å²) in [5.41, 5.74) is 1.23. The van der Waals surface area contributed by atoms with Crippen molar-refractivity contribution >= 4 is 51.1 Å². The van der Waals surface area contributed by atoms with Crippen molar-refractivity contribution in [3.8, 4) is 11.5 Å². The fraction of sp³-hybridized carbons (Fsp3) is 0.211. The first kappa shape index (κ1) is 19.1. The third-order valence-corrected chi connectivity index (χ3v) is 5.93. The molecule has 0 bridgehead atoms. The molecule has 0 radical (unpaired) electrons. The standard InChI is InChI=1S/C19H17IN4O3S/c1-3-28-19-22-18(26)15-11-6-4-5-7-13(11)21-17(24(15)23-19)10-8-12(20)16(25)14(9-10)27-2/h4-9,17,25H,3H2,1-2H3,(H,22,23,26). The minimum absolute atomic E-state index is 0.0781. The number of nitrogens with one attached hydrogen (secondary N) is 1. The molecule has 1 amide bonds.